The minimum Gasteiger partial charge on any atom is -0.494 e. The van der Waals surface area contributed by atoms with Crippen LogP contribution in [0.5, 0.6) is 5.75 Å². The first-order valence-electron chi connectivity index (χ1n) is 7.50. The average Bonchev–Trinajstić information content (AvgIpc) is 2.44. The van der Waals surface area contributed by atoms with Crippen LogP contribution in [0.15, 0.2) is 24.3 Å². The summed E-state index contributed by atoms with van der Waals surface area (Å²) in [5, 5.41) is 3.72. The summed E-state index contributed by atoms with van der Waals surface area (Å²) >= 11 is 0. The largest absolute Gasteiger partial charge is 0.494 e. The molecular weight excluding hydrogens is 250 g/mol. The standard InChI is InChI=1S/C17H27NO2/c1-6-20-14-9-7-13(8-10-14)12(2)18-15-11-16(19-5)17(15,3)4/h7-10,12,15-16,18H,6,11H2,1-5H3. The molecule has 1 N–H and O–H groups in total. The Morgan fingerprint density at radius 3 is 2.45 bits per heavy atom. The van der Waals surface area contributed by atoms with E-state index in [1.165, 1.54) is 5.56 Å². The molecule has 3 nitrogen and oxygen atoms in total. The number of methoxy groups -OCH3 is 1. The first kappa shape index (κ1) is 15.3. The van der Waals surface area contributed by atoms with E-state index >= 15 is 0 Å². The van der Waals surface area contributed by atoms with Crippen LogP contribution >= 0.6 is 0 Å². The van der Waals surface area contributed by atoms with Gasteiger partial charge in [0, 0.05) is 24.6 Å². The van der Waals surface area contributed by atoms with Crippen LogP contribution in [-0.4, -0.2) is 25.9 Å². The van der Waals surface area contributed by atoms with Crippen molar-refractivity contribution in [3.05, 3.63) is 29.8 Å². The third kappa shape index (κ3) is 2.99. The van der Waals surface area contributed by atoms with Gasteiger partial charge in [-0.3, -0.25) is 0 Å². The number of hydrogen-bond donors (Lipinski definition) is 1. The Labute approximate surface area is 122 Å². The molecule has 3 atom stereocenters. The highest BCUT2D eigenvalue weighted by Crippen LogP contribution is 2.43. The van der Waals surface area contributed by atoms with Gasteiger partial charge in [-0.15, -0.1) is 0 Å². The maximum atomic E-state index is 5.51. The summed E-state index contributed by atoms with van der Waals surface area (Å²) in [5.74, 6) is 0.937. The number of benzene rings is 1. The lowest BCUT2D eigenvalue weighted by Crippen LogP contribution is -2.60. The van der Waals surface area contributed by atoms with Crippen molar-refractivity contribution in [3.8, 4) is 5.75 Å². The van der Waals surface area contributed by atoms with E-state index < -0.39 is 0 Å². The van der Waals surface area contributed by atoms with Crippen LogP contribution in [0.4, 0.5) is 0 Å². The van der Waals surface area contributed by atoms with Gasteiger partial charge in [-0.25, -0.2) is 0 Å². The van der Waals surface area contributed by atoms with Gasteiger partial charge in [-0.2, -0.15) is 0 Å². The van der Waals surface area contributed by atoms with Crippen LogP contribution in [0.2, 0.25) is 0 Å². The number of ether oxygens (including phenoxy) is 2. The van der Waals surface area contributed by atoms with Gasteiger partial charge in [0.1, 0.15) is 5.75 Å². The van der Waals surface area contributed by atoms with Crippen LogP contribution in [0.3, 0.4) is 0 Å². The topological polar surface area (TPSA) is 30.5 Å². The van der Waals surface area contributed by atoms with Crippen molar-refractivity contribution in [2.45, 2.75) is 52.3 Å². The fraction of sp³-hybridized carbons (Fsp3) is 0.647. The third-order valence-corrected chi connectivity index (χ3v) is 4.60. The second-order valence-corrected chi connectivity index (χ2v) is 6.22. The first-order valence-corrected chi connectivity index (χ1v) is 7.50. The lowest BCUT2D eigenvalue weighted by molar-refractivity contribution is -0.0999. The molecule has 0 amide bonds. The molecule has 1 aromatic carbocycles. The Balaban J connectivity index is 1.94. The highest BCUT2D eigenvalue weighted by Gasteiger charge is 2.48. The highest BCUT2D eigenvalue weighted by molar-refractivity contribution is 5.29. The molecule has 0 aromatic heterocycles. The minimum absolute atomic E-state index is 0.203. The summed E-state index contributed by atoms with van der Waals surface area (Å²) in [6, 6.07) is 9.22. The Bertz CT molecular complexity index is 427. The Morgan fingerprint density at radius 1 is 1.30 bits per heavy atom. The zero-order valence-electron chi connectivity index (χ0n) is 13.3. The normalized spacial score (nSPS) is 25.9. The molecule has 0 aliphatic heterocycles. The molecule has 2 rings (SSSR count). The number of hydrogen-bond acceptors (Lipinski definition) is 3. The Hall–Kier alpha value is -1.06. The van der Waals surface area contributed by atoms with Crippen molar-refractivity contribution < 1.29 is 9.47 Å². The fourth-order valence-electron chi connectivity index (χ4n) is 2.99. The van der Waals surface area contributed by atoms with Crippen molar-refractivity contribution in [2.75, 3.05) is 13.7 Å². The van der Waals surface area contributed by atoms with Gasteiger partial charge in [0.2, 0.25) is 0 Å². The molecule has 112 valence electrons. The fourth-order valence-corrected chi connectivity index (χ4v) is 2.99. The predicted molar refractivity (Wildman–Crippen MR) is 82.1 cm³/mol. The van der Waals surface area contributed by atoms with E-state index in [4.69, 9.17) is 9.47 Å². The van der Waals surface area contributed by atoms with E-state index in [1.54, 1.807) is 7.11 Å². The summed E-state index contributed by atoms with van der Waals surface area (Å²) in [4.78, 5) is 0. The molecule has 0 saturated heterocycles. The van der Waals surface area contributed by atoms with Crippen molar-refractivity contribution in [3.63, 3.8) is 0 Å². The van der Waals surface area contributed by atoms with Crippen molar-refractivity contribution in [1.82, 2.24) is 5.32 Å². The monoisotopic (exact) mass is 277 g/mol. The van der Waals surface area contributed by atoms with E-state index in [-0.39, 0.29) is 5.41 Å². The van der Waals surface area contributed by atoms with Crippen LogP contribution in [0.1, 0.15) is 45.7 Å². The molecule has 1 fully saturated rings. The van der Waals surface area contributed by atoms with Crippen LogP contribution in [-0.2, 0) is 4.74 Å². The molecule has 1 aliphatic rings. The molecule has 3 heteroatoms. The molecule has 1 saturated carbocycles. The van der Waals surface area contributed by atoms with Crippen LogP contribution in [0.25, 0.3) is 0 Å². The quantitative estimate of drug-likeness (QED) is 0.862. The summed E-state index contributed by atoms with van der Waals surface area (Å²) in [6.45, 7) is 9.47. The number of nitrogens with one attached hydrogen (secondary N) is 1. The molecule has 20 heavy (non-hydrogen) atoms. The van der Waals surface area contributed by atoms with Crippen molar-refractivity contribution in [1.29, 1.82) is 0 Å². The van der Waals surface area contributed by atoms with E-state index in [9.17, 15) is 0 Å². The van der Waals surface area contributed by atoms with E-state index in [1.807, 2.05) is 19.1 Å². The second kappa shape index (κ2) is 6.15. The van der Waals surface area contributed by atoms with Gasteiger partial charge in [0.15, 0.2) is 0 Å². The summed E-state index contributed by atoms with van der Waals surface area (Å²) < 4.78 is 11.0. The third-order valence-electron chi connectivity index (χ3n) is 4.60. The molecular formula is C17H27NO2. The van der Waals surface area contributed by atoms with Gasteiger partial charge < -0.3 is 14.8 Å². The molecule has 0 spiro atoms. The molecule has 0 bridgehead atoms. The van der Waals surface area contributed by atoms with Crippen LogP contribution in [0, 0.1) is 5.41 Å². The number of rotatable bonds is 6. The lowest BCUT2D eigenvalue weighted by Gasteiger charge is -2.52. The van der Waals surface area contributed by atoms with E-state index in [0.29, 0.717) is 24.8 Å². The molecule has 3 unspecified atom stereocenters. The molecule has 0 heterocycles. The molecule has 1 aromatic rings. The van der Waals surface area contributed by atoms with Gasteiger partial charge in [0.05, 0.1) is 12.7 Å². The maximum absolute atomic E-state index is 5.51. The van der Waals surface area contributed by atoms with Gasteiger partial charge in [-0.1, -0.05) is 26.0 Å². The van der Waals surface area contributed by atoms with Gasteiger partial charge in [-0.05, 0) is 38.0 Å². The van der Waals surface area contributed by atoms with Gasteiger partial charge >= 0.3 is 0 Å². The van der Waals surface area contributed by atoms with E-state index in [2.05, 4.69) is 38.2 Å². The summed E-state index contributed by atoms with van der Waals surface area (Å²) in [5.41, 5.74) is 1.50. The molecule has 0 radical (unpaired) electrons. The Morgan fingerprint density at radius 2 is 1.95 bits per heavy atom. The van der Waals surface area contributed by atoms with Gasteiger partial charge in [0.25, 0.3) is 0 Å². The molecule has 1 aliphatic carbocycles. The van der Waals surface area contributed by atoms with Crippen molar-refractivity contribution in [2.24, 2.45) is 5.41 Å². The average molecular weight is 277 g/mol. The SMILES string of the molecule is CCOc1ccc(C(C)NC2CC(OC)C2(C)C)cc1. The highest BCUT2D eigenvalue weighted by atomic mass is 16.5. The first-order chi connectivity index (χ1) is 9.48. The van der Waals surface area contributed by atoms with E-state index in [0.717, 1.165) is 12.2 Å². The summed E-state index contributed by atoms with van der Waals surface area (Å²) in [6.07, 6.45) is 1.46. The zero-order valence-corrected chi connectivity index (χ0v) is 13.3. The lowest BCUT2D eigenvalue weighted by atomic mass is 9.64. The Kier molecular flexibility index (Phi) is 4.71. The predicted octanol–water partition coefficient (Wildman–Crippen LogP) is 3.55. The second-order valence-electron chi connectivity index (χ2n) is 6.22. The summed E-state index contributed by atoms with van der Waals surface area (Å²) in [7, 11) is 1.80. The smallest absolute Gasteiger partial charge is 0.119 e. The maximum Gasteiger partial charge on any atom is 0.119 e. The van der Waals surface area contributed by atoms with Crippen molar-refractivity contribution >= 4 is 0 Å². The van der Waals surface area contributed by atoms with Crippen LogP contribution < -0.4 is 10.1 Å². The minimum atomic E-state index is 0.203. The zero-order chi connectivity index (χ0) is 14.8.